The summed E-state index contributed by atoms with van der Waals surface area (Å²) in [5.41, 5.74) is 0. The summed E-state index contributed by atoms with van der Waals surface area (Å²) in [5.74, 6) is 0. The van der Waals surface area contributed by atoms with Crippen molar-refractivity contribution in [2.24, 2.45) is 0 Å². The van der Waals surface area contributed by atoms with Crippen LogP contribution in [0.3, 0.4) is 0 Å². The molecule has 0 aromatic rings. The van der Waals surface area contributed by atoms with Gasteiger partial charge in [0.25, 0.3) is 0 Å². The lowest BCUT2D eigenvalue weighted by Gasteiger charge is -2.30. The average molecular weight is 1260 g/mol. The fraction of sp³-hybridized carbons (Fsp3) is 1.00. The van der Waals surface area contributed by atoms with E-state index in [0.29, 0.717) is 0 Å². The Hall–Kier alpha value is -0.640. The van der Waals surface area contributed by atoms with Crippen molar-refractivity contribution in [3.05, 3.63) is 0 Å². The van der Waals surface area contributed by atoms with Gasteiger partial charge in [0.15, 0.2) is 0 Å². The van der Waals surface area contributed by atoms with Crippen molar-refractivity contribution >= 4 is 0 Å². The van der Waals surface area contributed by atoms with Crippen LogP contribution in [-0.2, 0) is 0 Å². The van der Waals surface area contributed by atoms with Gasteiger partial charge in [-0.1, -0.05) is 109 Å². The molecule has 0 aromatic heterocycles. The number of hydrogen-bond donors (Lipinski definition) is 0. The predicted molar refractivity (Wildman–Crippen MR) is 386 cm³/mol. The van der Waals surface area contributed by atoms with Gasteiger partial charge in [-0.3, -0.25) is 24.5 Å². The normalized spacial score (nSPS) is 31.1. The highest BCUT2D eigenvalue weighted by Gasteiger charge is 2.41. The monoisotopic (exact) mass is 1260 g/mol. The maximum atomic E-state index is 2.61. The lowest BCUT2D eigenvalue weighted by molar-refractivity contribution is -0.905. The van der Waals surface area contributed by atoms with Gasteiger partial charge in [-0.05, 0) is 53.6 Å². The molecule has 8 unspecified atom stereocenters. The van der Waals surface area contributed by atoms with Crippen LogP contribution in [0, 0.1) is 0 Å². The average Bonchev–Trinajstić information content (AvgIpc) is 4.47. The third-order valence-electron chi connectivity index (χ3n) is 21.9. The minimum Gasteiger partial charge on any atom is -0.315 e. The van der Waals surface area contributed by atoms with Crippen LogP contribution < -0.4 is 0 Å². The van der Waals surface area contributed by atoms with Gasteiger partial charge in [0.05, 0.1) is 195 Å². The Balaban J connectivity index is 0.000000503. The number of hydrogen-bond acceptors (Lipinski definition) is 8. The molecule has 8 fully saturated rings. The lowest BCUT2D eigenvalue weighted by Crippen LogP contribution is -2.45. The van der Waals surface area contributed by atoms with E-state index < -0.39 is 0 Å². The van der Waals surface area contributed by atoms with E-state index in [1.807, 2.05) is 0 Å². The highest BCUT2D eigenvalue weighted by molar-refractivity contribution is 4.76. The molecule has 0 bridgehead atoms. The predicted octanol–water partition coefficient (Wildman–Crippen LogP) is 9.08. The summed E-state index contributed by atoms with van der Waals surface area (Å²) in [7, 11) is 41.7. The molecule has 8 saturated heterocycles. The fourth-order valence-corrected chi connectivity index (χ4v) is 16.4. The summed E-state index contributed by atoms with van der Waals surface area (Å²) in [6, 6.07) is 6.68. The molecule has 0 N–H and O–H groups in total. The van der Waals surface area contributed by atoms with Crippen LogP contribution >= 0.6 is 0 Å². The summed E-state index contributed by atoms with van der Waals surface area (Å²) in [5, 5.41) is 0. The first kappa shape index (κ1) is 85.4. The van der Waals surface area contributed by atoms with Gasteiger partial charge in [0.2, 0.25) is 0 Å². The zero-order valence-electron chi connectivity index (χ0n) is 66.4. The van der Waals surface area contributed by atoms with Crippen LogP contribution in [0.25, 0.3) is 0 Å². The van der Waals surface area contributed by atoms with Gasteiger partial charge in [-0.2, -0.15) is 0 Å². The van der Waals surface area contributed by atoms with E-state index in [1.54, 1.807) is 0 Å². The number of quaternary nitrogens is 8. The molecule has 0 radical (unpaired) electrons. The maximum absolute atomic E-state index is 2.61. The standard InChI is InChI=1S/2C10H23N2.4C9H21N2.2C8H19N2/c1-5-7-10-8-12(3,4)9-11(10)6-2;1-5-7-10-8-11(6-2)9-12(10,3)4;1-5-6-9-7-11(3,4)8-10(9)2;1-5-6-9-7-10(2)8-11(9,3)4;1-5-9-7-11(3,4)8-10(9)6-2;1-5-9-7-10(6-2)8-11(9,3)4;1-5-9-7-10(3,4)6-8(9)2;1-5-9-6-8(2)10(3,4)7-9/h2*10H,5-9H2,1-4H3;4*9H,5-8H2,1-4H3;2*8H,5-7H2,1-4H3/q8*+1. The van der Waals surface area contributed by atoms with Crippen LogP contribution in [0.5, 0.6) is 0 Å². The third kappa shape index (κ3) is 29.6. The summed E-state index contributed by atoms with van der Waals surface area (Å²) in [6.07, 6.45) is 13.4. The van der Waals surface area contributed by atoms with E-state index in [2.05, 4.69) is 263 Å². The van der Waals surface area contributed by atoms with Gasteiger partial charge < -0.3 is 35.9 Å². The molecule has 0 spiro atoms. The maximum Gasteiger partial charge on any atom is 0.135 e. The van der Waals surface area contributed by atoms with Crippen LogP contribution in [0.2, 0.25) is 0 Å². The summed E-state index contributed by atoms with van der Waals surface area (Å²) >= 11 is 0. The Bertz CT molecular complexity index is 1800. The zero-order valence-corrected chi connectivity index (χ0v) is 66.4. The van der Waals surface area contributed by atoms with Crippen molar-refractivity contribution in [1.82, 2.24) is 39.2 Å². The molecule has 8 atom stereocenters. The molecule has 8 heterocycles. The molecular weight excluding hydrogens is 1090 g/mol. The van der Waals surface area contributed by atoms with Gasteiger partial charge >= 0.3 is 0 Å². The van der Waals surface area contributed by atoms with Gasteiger partial charge in [0.1, 0.15) is 71.5 Å². The smallest absolute Gasteiger partial charge is 0.135 e. The SMILES string of the molecule is CCC1CN(CC)C[N+]1(C)C.CCC1C[N+](C)(C)CN1CC.CCCC1CN(C)C[N+]1(C)C.CCCC1CN(CC)C[N+]1(C)C.CCCC1C[N+](C)(C)CN1C.CCCC1C[N+](C)(C)CN1CC.CCN1CC(C)[N+](C)(C)C1.CCN1C[N+](C)(C)CC1C. The number of rotatable bonds is 16. The van der Waals surface area contributed by atoms with E-state index in [4.69, 9.17) is 0 Å². The second kappa shape index (κ2) is 38.8. The van der Waals surface area contributed by atoms with E-state index >= 15 is 0 Å². The molecule has 16 nitrogen and oxygen atoms in total. The van der Waals surface area contributed by atoms with Crippen molar-refractivity contribution < 1.29 is 35.9 Å². The first-order chi connectivity index (χ1) is 40.6. The molecule has 8 aliphatic rings. The molecule has 88 heavy (non-hydrogen) atoms. The van der Waals surface area contributed by atoms with Crippen LogP contribution in [0.15, 0.2) is 0 Å². The molecule has 0 saturated carbocycles. The van der Waals surface area contributed by atoms with Crippen molar-refractivity contribution in [1.29, 1.82) is 0 Å². The van der Waals surface area contributed by atoms with Crippen molar-refractivity contribution in [3.63, 3.8) is 0 Å². The van der Waals surface area contributed by atoms with Gasteiger partial charge in [0, 0.05) is 52.1 Å². The molecular formula is C72H168N16+8. The van der Waals surface area contributed by atoms with Crippen molar-refractivity contribution in [3.8, 4) is 0 Å². The van der Waals surface area contributed by atoms with E-state index in [-0.39, 0.29) is 0 Å². The molecule has 0 amide bonds. The second-order valence-corrected chi connectivity index (χ2v) is 34.3. The van der Waals surface area contributed by atoms with Crippen LogP contribution in [0.1, 0.15) is 161 Å². The Labute approximate surface area is 553 Å². The van der Waals surface area contributed by atoms with E-state index in [1.165, 1.54) is 236 Å². The molecule has 8 rings (SSSR count). The summed E-state index contributed by atoms with van der Waals surface area (Å²) < 4.78 is 9.41. The highest BCUT2D eigenvalue weighted by Crippen LogP contribution is 2.26. The fourth-order valence-electron chi connectivity index (χ4n) is 16.4. The second-order valence-electron chi connectivity index (χ2n) is 34.3. The molecule has 16 heteroatoms. The first-order valence-corrected chi connectivity index (χ1v) is 37.0. The van der Waals surface area contributed by atoms with E-state index in [9.17, 15) is 0 Å². The van der Waals surface area contributed by atoms with Gasteiger partial charge in [-0.25, -0.2) is 14.7 Å². The minimum atomic E-state index is 0.778. The van der Waals surface area contributed by atoms with Crippen LogP contribution in [0.4, 0.5) is 0 Å². The Morgan fingerprint density at radius 3 is 0.955 bits per heavy atom. The minimum absolute atomic E-state index is 0.778. The largest absolute Gasteiger partial charge is 0.315 e. The first-order valence-electron chi connectivity index (χ1n) is 37.0. The zero-order chi connectivity index (χ0) is 67.9. The quantitative estimate of drug-likeness (QED) is 0.142. The molecule has 8 aliphatic heterocycles. The van der Waals surface area contributed by atoms with Crippen molar-refractivity contribution in [2.75, 3.05) is 272 Å². The molecule has 528 valence electrons. The third-order valence-corrected chi connectivity index (χ3v) is 21.9. The van der Waals surface area contributed by atoms with Gasteiger partial charge in [-0.15, -0.1) is 0 Å². The van der Waals surface area contributed by atoms with E-state index in [0.717, 1.165) is 57.3 Å². The lowest BCUT2D eigenvalue weighted by atomic mass is 10.1. The molecule has 0 aliphatic carbocycles. The number of likely N-dealkylation sites (N-methyl/N-ethyl adjacent to an activating group) is 16. The van der Waals surface area contributed by atoms with Crippen LogP contribution in [-0.4, -0.2) is 395 Å². The highest BCUT2D eigenvalue weighted by atomic mass is 15.5. The summed E-state index contributed by atoms with van der Waals surface area (Å²) in [6.45, 7) is 59.3. The number of nitrogens with zero attached hydrogens (tertiary/aromatic N) is 16. The Morgan fingerprint density at radius 2 is 0.659 bits per heavy atom. The Morgan fingerprint density at radius 1 is 0.307 bits per heavy atom. The molecule has 0 aromatic carbocycles. The Kier molecular flexibility index (Phi) is 37.6. The summed E-state index contributed by atoms with van der Waals surface area (Å²) in [4.78, 5) is 20.2. The van der Waals surface area contributed by atoms with Crippen molar-refractivity contribution in [2.45, 2.75) is 209 Å². The topological polar surface area (TPSA) is 25.9 Å².